The lowest BCUT2D eigenvalue weighted by atomic mass is 9.99. The molecule has 0 saturated heterocycles. The van der Waals surface area contributed by atoms with Crippen molar-refractivity contribution in [2.45, 2.75) is 19.8 Å². The topological polar surface area (TPSA) is 56.0 Å². The van der Waals surface area contributed by atoms with Crippen LogP contribution in [-0.2, 0) is 0 Å². The third-order valence-corrected chi connectivity index (χ3v) is 4.22. The summed E-state index contributed by atoms with van der Waals surface area (Å²) in [5.41, 5.74) is 2.71. The Balaban J connectivity index is 1.86. The summed E-state index contributed by atoms with van der Waals surface area (Å²) in [5, 5.41) is 8.00. The van der Waals surface area contributed by atoms with Crippen LogP contribution in [0.4, 0.5) is 0 Å². The maximum Gasteiger partial charge on any atom is 0.237 e. The number of ketones is 1. The Bertz CT molecular complexity index is 761. The first kappa shape index (κ1) is 13.7. The van der Waals surface area contributed by atoms with Gasteiger partial charge in [0, 0.05) is 16.5 Å². The Morgan fingerprint density at radius 1 is 1.24 bits per heavy atom. The van der Waals surface area contributed by atoms with E-state index in [1.54, 1.807) is 30.4 Å². The minimum absolute atomic E-state index is 0.0205. The molecule has 1 unspecified atom stereocenters. The number of nitrogens with zero attached hydrogens (tertiary/aromatic N) is 2. The highest BCUT2D eigenvalue weighted by molar-refractivity contribution is 7.08. The van der Waals surface area contributed by atoms with E-state index >= 15 is 0 Å². The van der Waals surface area contributed by atoms with E-state index in [0.717, 1.165) is 11.1 Å². The highest BCUT2D eigenvalue weighted by atomic mass is 32.1. The number of carbonyl (C=O) groups is 1. The molecule has 4 nitrogen and oxygen atoms in total. The minimum atomic E-state index is -0.451. The molecule has 3 aromatic rings. The van der Waals surface area contributed by atoms with Crippen LogP contribution in [0.25, 0.3) is 11.4 Å². The van der Waals surface area contributed by atoms with E-state index < -0.39 is 5.92 Å². The second-order valence-corrected chi connectivity index (χ2v) is 5.62. The second kappa shape index (κ2) is 5.61. The van der Waals surface area contributed by atoms with E-state index in [-0.39, 0.29) is 5.78 Å². The summed E-state index contributed by atoms with van der Waals surface area (Å²) in [4.78, 5) is 16.8. The Labute approximate surface area is 126 Å². The molecule has 0 N–H and O–H groups in total. The van der Waals surface area contributed by atoms with Crippen molar-refractivity contribution < 1.29 is 9.32 Å². The number of carbonyl (C=O) groups excluding carboxylic acids is 1. The zero-order valence-corrected chi connectivity index (χ0v) is 12.6. The summed E-state index contributed by atoms with van der Waals surface area (Å²) in [7, 11) is 0. The molecule has 0 amide bonds. The van der Waals surface area contributed by atoms with Crippen molar-refractivity contribution in [1.29, 1.82) is 0 Å². The maximum atomic E-state index is 12.4. The summed E-state index contributed by atoms with van der Waals surface area (Å²) in [6.45, 7) is 3.79. The van der Waals surface area contributed by atoms with E-state index in [1.165, 1.54) is 0 Å². The molecule has 1 atom stereocenters. The standard InChI is InChI=1S/C16H14N2O2S/c1-10-8-21-9-13(10)15-17-16(20-18-15)11(2)14(19)12-6-4-3-5-7-12/h3-9,11H,1-2H3. The van der Waals surface area contributed by atoms with E-state index in [1.807, 2.05) is 35.9 Å². The predicted molar refractivity (Wildman–Crippen MR) is 81.5 cm³/mol. The molecule has 2 aromatic heterocycles. The minimum Gasteiger partial charge on any atom is -0.338 e. The Morgan fingerprint density at radius 3 is 2.67 bits per heavy atom. The fraction of sp³-hybridized carbons (Fsp3) is 0.188. The Hall–Kier alpha value is -2.27. The van der Waals surface area contributed by atoms with Crippen LogP contribution in [-0.4, -0.2) is 15.9 Å². The number of Topliss-reactive ketones (excluding diaryl/α,β-unsaturated/α-hetero) is 1. The van der Waals surface area contributed by atoms with Gasteiger partial charge in [-0.3, -0.25) is 4.79 Å². The summed E-state index contributed by atoms with van der Waals surface area (Å²) >= 11 is 1.59. The van der Waals surface area contributed by atoms with Crippen LogP contribution in [0, 0.1) is 6.92 Å². The number of aromatic nitrogens is 2. The van der Waals surface area contributed by atoms with Crippen LogP contribution in [0.5, 0.6) is 0 Å². The molecule has 2 heterocycles. The molecule has 0 bridgehead atoms. The van der Waals surface area contributed by atoms with Gasteiger partial charge in [-0.1, -0.05) is 35.5 Å². The number of hydrogen-bond acceptors (Lipinski definition) is 5. The van der Waals surface area contributed by atoms with E-state index in [9.17, 15) is 4.79 Å². The van der Waals surface area contributed by atoms with Crippen LogP contribution in [0.15, 0.2) is 45.6 Å². The van der Waals surface area contributed by atoms with Crippen LogP contribution < -0.4 is 0 Å². The molecular formula is C16H14N2O2S. The highest BCUT2D eigenvalue weighted by Gasteiger charge is 2.23. The largest absolute Gasteiger partial charge is 0.338 e. The first-order valence-electron chi connectivity index (χ1n) is 6.63. The molecule has 0 spiro atoms. The van der Waals surface area contributed by atoms with Crippen LogP contribution in [0.3, 0.4) is 0 Å². The van der Waals surface area contributed by atoms with Crippen molar-refractivity contribution in [3.63, 3.8) is 0 Å². The van der Waals surface area contributed by atoms with Crippen LogP contribution in [0.1, 0.15) is 34.7 Å². The first-order chi connectivity index (χ1) is 10.2. The smallest absolute Gasteiger partial charge is 0.237 e. The maximum absolute atomic E-state index is 12.4. The van der Waals surface area contributed by atoms with Gasteiger partial charge in [-0.2, -0.15) is 16.3 Å². The van der Waals surface area contributed by atoms with Gasteiger partial charge in [0.15, 0.2) is 5.78 Å². The SMILES string of the molecule is Cc1cscc1-c1noc(C(C)C(=O)c2ccccc2)n1. The fourth-order valence-corrected chi connectivity index (χ4v) is 2.90. The molecule has 0 fully saturated rings. The highest BCUT2D eigenvalue weighted by Crippen LogP contribution is 2.26. The van der Waals surface area contributed by atoms with Crippen molar-refractivity contribution >= 4 is 17.1 Å². The average molecular weight is 298 g/mol. The van der Waals surface area contributed by atoms with Gasteiger partial charge in [0.2, 0.25) is 11.7 Å². The van der Waals surface area contributed by atoms with E-state index in [0.29, 0.717) is 17.3 Å². The van der Waals surface area contributed by atoms with Crippen molar-refractivity contribution in [3.8, 4) is 11.4 Å². The van der Waals surface area contributed by atoms with Gasteiger partial charge in [-0.15, -0.1) is 0 Å². The van der Waals surface area contributed by atoms with Gasteiger partial charge in [-0.05, 0) is 24.8 Å². The van der Waals surface area contributed by atoms with Gasteiger partial charge < -0.3 is 4.52 Å². The number of thiophene rings is 1. The van der Waals surface area contributed by atoms with Crippen molar-refractivity contribution in [1.82, 2.24) is 10.1 Å². The molecule has 3 rings (SSSR count). The number of benzene rings is 1. The zero-order valence-electron chi connectivity index (χ0n) is 11.7. The van der Waals surface area contributed by atoms with Gasteiger partial charge in [0.1, 0.15) is 0 Å². The molecular weight excluding hydrogens is 284 g/mol. The normalized spacial score (nSPS) is 12.3. The van der Waals surface area contributed by atoms with Crippen molar-refractivity contribution in [2.75, 3.05) is 0 Å². The van der Waals surface area contributed by atoms with Crippen LogP contribution in [0.2, 0.25) is 0 Å². The average Bonchev–Trinajstić information content (AvgIpc) is 3.15. The molecule has 0 aliphatic carbocycles. The molecule has 1 aromatic carbocycles. The molecule has 106 valence electrons. The third-order valence-electron chi connectivity index (χ3n) is 3.36. The lowest BCUT2D eigenvalue weighted by molar-refractivity contribution is 0.0951. The third kappa shape index (κ3) is 2.64. The molecule has 21 heavy (non-hydrogen) atoms. The number of hydrogen-bond donors (Lipinski definition) is 0. The van der Waals surface area contributed by atoms with Gasteiger partial charge in [0.25, 0.3) is 0 Å². The quantitative estimate of drug-likeness (QED) is 0.681. The van der Waals surface area contributed by atoms with Crippen molar-refractivity contribution in [3.05, 3.63) is 58.1 Å². The molecule has 0 aliphatic heterocycles. The lowest BCUT2D eigenvalue weighted by Gasteiger charge is -2.04. The summed E-state index contributed by atoms with van der Waals surface area (Å²) in [6, 6.07) is 9.14. The first-order valence-corrected chi connectivity index (χ1v) is 7.57. The molecule has 0 saturated carbocycles. The van der Waals surface area contributed by atoms with Gasteiger partial charge in [0.05, 0.1) is 5.92 Å². The molecule has 0 radical (unpaired) electrons. The lowest BCUT2D eigenvalue weighted by Crippen LogP contribution is -2.09. The number of aryl methyl sites for hydroxylation is 1. The van der Waals surface area contributed by atoms with Crippen LogP contribution >= 0.6 is 11.3 Å². The predicted octanol–water partition coefficient (Wildman–Crippen LogP) is 4.09. The zero-order chi connectivity index (χ0) is 14.8. The molecule has 0 aliphatic rings. The number of rotatable bonds is 4. The monoisotopic (exact) mass is 298 g/mol. The van der Waals surface area contributed by atoms with Crippen molar-refractivity contribution in [2.24, 2.45) is 0 Å². The summed E-state index contributed by atoms with van der Waals surface area (Å²) in [6.07, 6.45) is 0. The van der Waals surface area contributed by atoms with E-state index in [4.69, 9.17) is 4.52 Å². The molecule has 5 heteroatoms. The Kier molecular flexibility index (Phi) is 3.66. The summed E-state index contributed by atoms with van der Waals surface area (Å²) in [5.74, 6) is 0.418. The second-order valence-electron chi connectivity index (χ2n) is 4.88. The van der Waals surface area contributed by atoms with E-state index in [2.05, 4.69) is 10.1 Å². The fourth-order valence-electron chi connectivity index (χ4n) is 2.07. The summed E-state index contributed by atoms with van der Waals surface area (Å²) < 4.78 is 5.27. The Morgan fingerprint density at radius 2 is 2.00 bits per heavy atom. The van der Waals surface area contributed by atoms with Gasteiger partial charge in [-0.25, -0.2) is 0 Å². The van der Waals surface area contributed by atoms with Gasteiger partial charge >= 0.3 is 0 Å².